The van der Waals surface area contributed by atoms with E-state index >= 15 is 0 Å². The summed E-state index contributed by atoms with van der Waals surface area (Å²) in [6.45, 7) is 6.39. The predicted octanol–water partition coefficient (Wildman–Crippen LogP) is 0.614. The van der Waals surface area contributed by atoms with E-state index in [9.17, 15) is 0 Å². The Hall–Kier alpha value is -0.0800. The van der Waals surface area contributed by atoms with E-state index in [0.29, 0.717) is 0 Å². The van der Waals surface area contributed by atoms with E-state index in [1.54, 1.807) is 0 Å². The van der Waals surface area contributed by atoms with Crippen LogP contribution in [0.1, 0.15) is 20.3 Å². The fourth-order valence-corrected chi connectivity index (χ4v) is 0.595. The van der Waals surface area contributed by atoms with Gasteiger partial charge in [-0.2, -0.15) is 0 Å². The summed E-state index contributed by atoms with van der Waals surface area (Å²) in [7, 11) is 0. The van der Waals surface area contributed by atoms with Crippen LogP contribution in [0.4, 0.5) is 0 Å². The lowest BCUT2D eigenvalue weighted by Gasteiger charge is -2.03. The maximum absolute atomic E-state index is 8.37. The zero-order valence-corrected chi connectivity index (χ0v) is 6.35. The third-order valence-electron chi connectivity index (χ3n) is 1.19. The largest absolute Gasteiger partial charge is 0.395 e. The molecule has 0 atom stereocenters. The van der Waals surface area contributed by atoms with Gasteiger partial charge in [-0.3, -0.25) is 0 Å². The predicted molar refractivity (Wildman–Crippen MR) is 39.4 cm³/mol. The fraction of sp³-hybridized carbons (Fsp3) is 1.00. The molecule has 0 aromatic rings. The number of hydrogen-bond donors (Lipinski definition) is 2. The van der Waals surface area contributed by atoms with Crippen LogP contribution >= 0.6 is 0 Å². The Kier molecular flexibility index (Phi) is 5.99. The van der Waals surface area contributed by atoms with Crippen molar-refractivity contribution >= 4 is 0 Å². The van der Waals surface area contributed by atoms with Gasteiger partial charge in [-0.05, 0) is 18.9 Å². The van der Waals surface area contributed by atoms with Crippen molar-refractivity contribution in [3.8, 4) is 0 Å². The van der Waals surface area contributed by atoms with E-state index in [1.807, 2.05) is 0 Å². The molecule has 2 N–H and O–H groups in total. The molecular weight excluding hydrogens is 114 g/mol. The standard InChI is InChI=1S/C7H17NO/c1-7(2)3-4-8-5-6-9/h7-9H,3-6H2,1-2H3. The highest BCUT2D eigenvalue weighted by molar-refractivity contribution is 4.49. The quantitative estimate of drug-likeness (QED) is 0.536. The maximum atomic E-state index is 8.37. The smallest absolute Gasteiger partial charge is 0.0555 e. The zero-order valence-electron chi connectivity index (χ0n) is 6.35. The molecule has 0 amide bonds. The number of aliphatic hydroxyl groups excluding tert-OH is 1. The molecule has 0 rings (SSSR count). The molecule has 56 valence electrons. The van der Waals surface area contributed by atoms with Crippen molar-refractivity contribution in [2.45, 2.75) is 20.3 Å². The maximum Gasteiger partial charge on any atom is 0.0555 e. The van der Waals surface area contributed by atoms with E-state index in [0.717, 1.165) is 19.0 Å². The third-order valence-corrected chi connectivity index (χ3v) is 1.19. The van der Waals surface area contributed by atoms with Crippen LogP contribution in [0, 0.1) is 5.92 Å². The average Bonchev–Trinajstić information content (AvgIpc) is 1.80. The Morgan fingerprint density at radius 2 is 2.00 bits per heavy atom. The Bertz CT molecular complexity index is 54.9. The summed E-state index contributed by atoms with van der Waals surface area (Å²) in [5.41, 5.74) is 0. The van der Waals surface area contributed by atoms with Gasteiger partial charge in [0.25, 0.3) is 0 Å². The highest BCUT2D eigenvalue weighted by atomic mass is 16.3. The number of nitrogens with one attached hydrogen (secondary N) is 1. The summed E-state index contributed by atoms with van der Waals surface area (Å²) in [5.74, 6) is 0.760. The first-order valence-corrected chi connectivity index (χ1v) is 3.59. The molecule has 0 unspecified atom stereocenters. The molecule has 0 aliphatic carbocycles. The second-order valence-corrected chi connectivity index (χ2v) is 2.66. The van der Waals surface area contributed by atoms with Crippen LogP contribution in [0.2, 0.25) is 0 Å². The SMILES string of the molecule is CC(C)CCNCCO. The lowest BCUT2D eigenvalue weighted by Crippen LogP contribution is -2.20. The Morgan fingerprint density at radius 3 is 2.44 bits per heavy atom. The number of aliphatic hydroxyl groups is 1. The van der Waals surface area contributed by atoms with Gasteiger partial charge in [0.1, 0.15) is 0 Å². The minimum absolute atomic E-state index is 0.248. The first kappa shape index (κ1) is 8.92. The van der Waals surface area contributed by atoms with Crippen molar-refractivity contribution in [2.75, 3.05) is 19.7 Å². The summed E-state index contributed by atoms with van der Waals surface area (Å²) >= 11 is 0. The molecule has 2 heteroatoms. The summed E-state index contributed by atoms with van der Waals surface area (Å²) in [5, 5.41) is 11.5. The molecule has 0 fully saturated rings. The lowest BCUT2D eigenvalue weighted by atomic mass is 10.1. The van der Waals surface area contributed by atoms with Crippen LogP contribution in [0.25, 0.3) is 0 Å². The molecule has 2 nitrogen and oxygen atoms in total. The van der Waals surface area contributed by atoms with Gasteiger partial charge >= 0.3 is 0 Å². The van der Waals surface area contributed by atoms with Crippen molar-refractivity contribution < 1.29 is 5.11 Å². The van der Waals surface area contributed by atoms with E-state index in [2.05, 4.69) is 19.2 Å². The van der Waals surface area contributed by atoms with Crippen molar-refractivity contribution in [3.05, 3.63) is 0 Å². The molecule has 0 aliphatic rings. The molecular formula is C7H17NO. The molecule has 0 saturated heterocycles. The van der Waals surface area contributed by atoms with Gasteiger partial charge in [0.2, 0.25) is 0 Å². The van der Waals surface area contributed by atoms with Gasteiger partial charge in [-0.1, -0.05) is 13.8 Å². The first-order valence-electron chi connectivity index (χ1n) is 3.59. The van der Waals surface area contributed by atoms with Crippen molar-refractivity contribution in [2.24, 2.45) is 5.92 Å². The summed E-state index contributed by atoms with van der Waals surface area (Å²) < 4.78 is 0. The van der Waals surface area contributed by atoms with Crippen LogP contribution in [-0.4, -0.2) is 24.8 Å². The lowest BCUT2D eigenvalue weighted by molar-refractivity contribution is 0.291. The molecule has 9 heavy (non-hydrogen) atoms. The van der Waals surface area contributed by atoms with Gasteiger partial charge in [0.05, 0.1) is 6.61 Å². The fourth-order valence-electron chi connectivity index (χ4n) is 0.595. The molecule has 0 bridgehead atoms. The third kappa shape index (κ3) is 7.92. The summed E-state index contributed by atoms with van der Waals surface area (Å²) in [4.78, 5) is 0. The average molecular weight is 131 g/mol. The molecule has 0 heterocycles. The molecule has 0 aliphatic heterocycles. The van der Waals surface area contributed by atoms with Crippen molar-refractivity contribution in [3.63, 3.8) is 0 Å². The minimum atomic E-state index is 0.248. The normalized spacial score (nSPS) is 10.7. The van der Waals surface area contributed by atoms with Gasteiger partial charge < -0.3 is 10.4 Å². The highest BCUT2D eigenvalue weighted by Gasteiger charge is 1.90. The van der Waals surface area contributed by atoms with Crippen LogP contribution < -0.4 is 5.32 Å². The monoisotopic (exact) mass is 131 g/mol. The van der Waals surface area contributed by atoms with Gasteiger partial charge in [-0.15, -0.1) is 0 Å². The van der Waals surface area contributed by atoms with Gasteiger partial charge in [0, 0.05) is 6.54 Å². The Balaban J connectivity index is 2.75. The van der Waals surface area contributed by atoms with Crippen LogP contribution in [0.15, 0.2) is 0 Å². The Morgan fingerprint density at radius 1 is 1.33 bits per heavy atom. The minimum Gasteiger partial charge on any atom is -0.395 e. The van der Waals surface area contributed by atoms with Crippen LogP contribution in [0.3, 0.4) is 0 Å². The Labute approximate surface area is 57.3 Å². The molecule has 0 aromatic heterocycles. The van der Waals surface area contributed by atoms with E-state index in [4.69, 9.17) is 5.11 Å². The van der Waals surface area contributed by atoms with E-state index < -0.39 is 0 Å². The number of rotatable bonds is 5. The molecule has 0 aromatic carbocycles. The van der Waals surface area contributed by atoms with Crippen LogP contribution in [0.5, 0.6) is 0 Å². The van der Waals surface area contributed by atoms with E-state index in [-0.39, 0.29) is 6.61 Å². The second kappa shape index (κ2) is 6.05. The second-order valence-electron chi connectivity index (χ2n) is 2.66. The molecule has 0 radical (unpaired) electrons. The van der Waals surface area contributed by atoms with Crippen LogP contribution in [-0.2, 0) is 0 Å². The summed E-state index contributed by atoms with van der Waals surface area (Å²) in [6.07, 6.45) is 1.19. The van der Waals surface area contributed by atoms with E-state index in [1.165, 1.54) is 6.42 Å². The van der Waals surface area contributed by atoms with Gasteiger partial charge in [-0.25, -0.2) is 0 Å². The topological polar surface area (TPSA) is 32.3 Å². The zero-order chi connectivity index (χ0) is 7.11. The molecule has 0 spiro atoms. The van der Waals surface area contributed by atoms with Gasteiger partial charge in [0.15, 0.2) is 0 Å². The first-order chi connectivity index (χ1) is 4.27. The highest BCUT2D eigenvalue weighted by Crippen LogP contribution is 1.95. The van der Waals surface area contributed by atoms with Crippen molar-refractivity contribution in [1.29, 1.82) is 0 Å². The number of hydrogen-bond acceptors (Lipinski definition) is 2. The summed E-state index contributed by atoms with van der Waals surface area (Å²) in [6, 6.07) is 0. The molecule has 0 saturated carbocycles. The van der Waals surface area contributed by atoms with Crippen molar-refractivity contribution in [1.82, 2.24) is 5.32 Å².